The van der Waals surface area contributed by atoms with E-state index in [2.05, 4.69) is 22.3 Å². The molecule has 1 aromatic heterocycles. The molecule has 0 unspecified atom stereocenters. The average Bonchev–Trinajstić information content (AvgIpc) is 2.69. The van der Waals surface area contributed by atoms with Crippen LogP contribution in [0, 0.1) is 0 Å². The van der Waals surface area contributed by atoms with Gasteiger partial charge < -0.3 is 15.8 Å². The fourth-order valence-corrected chi connectivity index (χ4v) is 1.24. The molecule has 0 bridgehead atoms. The fraction of sp³-hybridized carbons (Fsp3) is 0.700. The van der Waals surface area contributed by atoms with Crippen LogP contribution in [-0.2, 0) is 16.1 Å². The summed E-state index contributed by atoms with van der Waals surface area (Å²) >= 11 is 0. The van der Waals surface area contributed by atoms with Gasteiger partial charge in [-0.3, -0.25) is 4.79 Å². The first-order chi connectivity index (χ1) is 8.22. The second-order valence-corrected chi connectivity index (χ2v) is 3.62. The Morgan fingerprint density at radius 2 is 2.41 bits per heavy atom. The number of nitrogens with one attached hydrogen (secondary N) is 1. The molecule has 0 aliphatic heterocycles. The molecule has 17 heavy (non-hydrogen) atoms. The molecule has 0 fully saturated rings. The molecule has 1 amide bonds. The molecular formula is C10H19N5O2. The lowest BCUT2D eigenvalue weighted by molar-refractivity contribution is -0.121. The second kappa shape index (κ2) is 7.61. The lowest BCUT2D eigenvalue weighted by Crippen LogP contribution is -2.29. The van der Waals surface area contributed by atoms with Crippen molar-refractivity contribution in [3.63, 3.8) is 0 Å². The third-order valence-electron chi connectivity index (χ3n) is 2.00. The van der Waals surface area contributed by atoms with E-state index in [9.17, 15) is 4.79 Å². The lowest BCUT2D eigenvalue weighted by Gasteiger charge is -2.05. The normalized spacial score (nSPS) is 10.4. The van der Waals surface area contributed by atoms with Crippen molar-refractivity contribution < 1.29 is 9.53 Å². The summed E-state index contributed by atoms with van der Waals surface area (Å²) in [5.74, 6) is 0.0659. The highest BCUT2D eigenvalue weighted by molar-refractivity contribution is 5.75. The zero-order valence-electron chi connectivity index (χ0n) is 10.1. The summed E-state index contributed by atoms with van der Waals surface area (Å²) in [4.78, 5) is 15.2. The predicted octanol–water partition coefficient (Wildman–Crippen LogP) is -0.207. The minimum Gasteiger partial charge on any atom is -0.381 e. The van der Waals surface area contributed by atoms with Crippen LogP contribution in [0.1, 0.15) is 19.8 Å². The van der Waals surface area contributed by atoms with Gasteiger partial charge in [0.2, 0.25) is 11.9 Å². The number of carbonyl (C=O) groups excluding carboxylic acids is 1. The maximum Gasteiger partial charge on any atom is 0.241 e. The number of nitrogens with zero attached hydrogens (tertiary/aromatic N) is 3. The number of amides is 1. The Morgan fingerprint density at radius 1 is 1.59 bits per heavy atom. The van der Waals surface area contributed by atoms with Gasteiger partial charge in [-0.2, -0.15) is 0 Å². The number of anilines is 1. The zero-order chi connectivity index (χ0) is 12.5. The minimum atomic E-state index is -0.106. The standard InChI is InChI=1S/C10H19N5O2/c1-2-5-17-6-3-4-12-9(16)7-15-8-13-10(11)14-15/h8H,2-7H2,1H3,(H2,11,14)(H,12,16). The highest BCUT2D eigenvalue weighted by Crippen LogP contribution is 1.89. The molecule has 3 N–H and O–H groups in total. The van der Waals surface area contributed by atoms with Crippen LogP contribution in [0.15, 0.2) is 6.33 Å². The van der Waals surface area contributed by atoms with Crippen molar-refractivity contribution in [1.82, 2.24) is 20.1 Å². The number of hydrogen-bond acceptors (Lipinski definition) is 5. The minimum absolute atomic E-state index is 0.106. The smallest absolute Gasteiger partial charge is 0.241 e. The monoisotopic (exact) mass is 241 g/mol. The first-order valence-electron chi connectivity index (χ1n) is 5.71. The van der Waals surface area contributed by atoms with Gasteiger partial charge in [-0.25, -0.2) is 9.67 Å². The van der Waals surface area contributed by atoms with Crippen molar-refractivity contribution in [1.29, 1.82) is 0 Å². The van der Waals surface area contributed by atoms with Gasteiger partial charge in [-0.1, -0.05) is 6.92 Å². The Hall–Kier alpha value is -1.63. The molecule has 0 aromatic carbocycles. The molecule has 0 radical (unpaired) electrons. The van der Waals surface area contributed by atoms with Crippen molar-refractivity contribution in [3.05, 3.63) is 6.33 Å². The molecule has 96 valence electrons. The molecule has 1 aromatic rings. The van der Waals surface area contributed by atoms with E-state index in [1.54, 1.807) is 0 Å². The molecule has 0 saturated heterocycles. The van der Waals surface area contributed by atoms with E-state index in [0.29, 0.717) is 13.2 Å². The Kier molecular flexibility index (Phi) is 6.02. The van der Waals surface area contributed by atoms with Crippen molar-refractivity contribution >= 4 is 11.9 Å². The molecule has 1 rings (SSSR count). The van der Waals surface area contributed by atoms with E-state index in [1.807, 2.05) is 0 Å². The van der Waals surface area contributed by atoms with E-state index < -0.39 is 0 Å². The van der Waals surface area contributed by atoms with E-state index in [-0.39, 0.29) is 18.4 Å². The average molecular weight is 241 g/mol. The summed E-state index contributed by atoms with van der Waals surface area (Å²) in [6.07, 6.45) is 3.25. The van der Waals surface area contributed by atoms with Gasteiger partial charge in [0.15, 0.2) is 0 Å². The molecule has 0 atom stereocenters. The zero-order valence-corrected chi connectivity index (χ0v) is 10.1. The number of nitrogens with two attached hydrogens (primary N) is 1. The van der Waals surface area contributed by atoms with Gasteiger partial charge in [-0.05, 0) is 12.8 Å². The van der Waals surface area contributed by atoms with Crippen LogP contribution < -0.4 is 11.1 Å². The fourth-order valence-electron chi connectivity index (χ4n) is 1.24. The molecule has 0 spiro atoms. The van der Waals surface area contributed by atoms with Gasteiger partial charge in [0.1, 0.15) is 12.9 Å². The third-order valence-corrected chi connectivity index (χ3v) is 2.00. The number of aromatic nitrogens is 3. The van der Waals surface area contributed by atoms with Gasteiger partial charge in [0.25, 0.3) is 0 Å². The van der Waals surface area contributed by atoms with Crippen molar-refractivity contribution in [2.45, 2.75) is 26.3 Å². The van der Waals surface area contributed by atoms with Gasteiger partial charge in [0, 0.05) is 19.8 Å². The van der Waals surface area contributed by atoms with E-state index >= 15 is 0 Å². The van der Waals surface area contributed by atoms with Gasteiger partial charge in [0.05, 0.1) is 0 Å². The number of rotatable bonds is 8. The topological polar surface area (TPSA) is 95.1 Å². The highest BCUT2D eigenvalue weighted by atomic mass is 16.5. The Bertz CT molecular complexity index is 339. The maximum absolute atomic E-state index is 11.4. The number of hydrogen-bond donors (Lipinski definition) is 2. The number of nitrogen functional groups attached to an aromatic ring is 1. The van der Waals surface area contributed by atoms with Gasteiger partial charge in [-0.15, -0.1) is 5.10 Å². The van der Waals surface area contributed by atoms with Crippen LogP contribution in [0.3, 0.4) is 0 Å². The van der Waals surface area contributed by atoms with Crippen LogP contribution in [0.5, 0.6) is 0 Å². The summed E-state index contributed by atoms with van der Waals surface area (Å²) in [7, 11) is 0. The van der Waals surface area contributed by atoms with Crippen molar-refractivity contribution in [3.8, 4) is 0 Å². The summed E-state index contributed by atoms with van der Waals surface area (Å²) < 4.78 is 6.69. The van der Waals surface area contributed by atoms with E-state index in [4.69, 9.17) is 10.5 Å². The SMILES string of the molecule is CCCOCCCNC(=O)Cn1cnc(N)n1. The van der Waals surface area contributed by atoms with Crippen LogP contribution >= 0.6 is 0 Å². The molecule has 0 saturated carbocycles. The van der Waals surface area contributed by atoms with Crippen molar-refractivity contribution in [2.75, 3.05) is 25.5 Å². The number of carbonyl (C=O) groups is 1. The van der Waals surface area contributed by atoms with Gasteiger partial charge >= 0.3 is 0 Å². The molecular weight excluding hydrogens is 222 g/mol. The largest absolute Gasteiger partial charge is 0.381 e. The Labute approximate surface area is 100 Å². The highest BCUT2D eigenvalue weighted by Gasteiger charge is 2.03. The van der Waals surface area contributed by atoms with Crippen LogP contribution in [0.4, 0.5) is 5.95 Å². The van der Waals surface area contributed by atoms with Crippen LogP contribution in [-0.4, -0.2) is 40.4 Å². The van der Waals surface area contributed by atoms with Crippen molar-refractivity contribution in [2.24, 2.45) is 0 Å². The van der Waals surface area contributed by atoms with E-state index in [0.717, 1.165) is 19.4 Å². The Morgan fingerprint density at radius 3 is 3.06 bits per heavy atom. The summed E-state index contributed by atoms with van der Waals surface area (Å²) in [5, 5.41) is 6.59. The predicted molar refractivity (Wildman–Crippen MR) is 63.2 cm³/mol. The van der Waals surface area contributed by atoms with Crippen LogP contribution in [0.2, 0.25) is 0 Å². The maximum atomic E-state index is 11.4. The molecule has 7 heteroatoms. The second-order valence-electron chi connectivity index (χ2n) is 3.62. The lowest BCUT2D eigenvalue weighted by atomic mass is 10.4. The molecule has 1 heterocycles. The quantitative estimate of drug-likeness (QED) is 0.614. The first-order valence-corrected chi connectivity index (χ1v) is 5.71. The summed E-state index contributed by atoms with van der Waals surface area (Å²) in [5.41, 5.74) is 5.33. The number of ether oxygens (including phenoxy) is 1. The molecule has 7 nitrogen and oxygen atoms in total. The van der Waals surface area contributed by atoms with E-state index in [1.165, 1.54) is 11.0 Å². The molecule has 0 aliphatic carbocycles. The summed E-state index contributed by atoms with van der Waals surface area (Å²) in [6, 6.07) is 0. The first kappa shape index (κ1) is 13.4. The summed E-state index contributed by atoms with van der Waals surface area (Å²) in [6.45, 7) is 4.24. The third kappa shape index (κ3) is 5.86. The Balaban J connectivity index is 2.05. The van der Waals surface area contributed by atoms with Crippen LogP contribution in [0.25, 0.3) is 0 Å². The molecule has 0 aliphatic rings.